The second-order valence-electron chi connectivity index (χ2n) is 15.9. The minimum absolute atomic E-state index is 0.496. The third-order valence-electron chi connectivity index (χ3n) is 8.54. The largest absolute Gasteiger partial charge is 0.387 e. The molecule has 2 rings (SSSR count). The number of anilines is 2. The highest BCUT2D eigenvalue weighted by atomic mass is 28.4. The Morgan fingerprint density at radius 1 is 0.436 bits per heavy atom. The SMILES string of the molecule is CC(C)c1cccc(C(C)C)c1NC([Si](C)(C)C)[Si](C)(C)C(Nc1c(C(C)C)cccc1C(C)C)[Si](C)(C)C. The van der Waals surface area contributed by atoms with Crippen molar-refractivity contribution < 1.29 is 0 Å². The van der Waals surface area contributed by atoms with Crippen molar-refractivity contribution in [2.24, 2.45) is 0 Å². The molecule has 0 heterocycles. The third-order valence-corrected chi connectivity index (χ3v) is 25.2. The van der Waals surface area contributed by atoms with Gasteiger partial charge in [0, 0.05) is 22.0 Å². The molecule has 0 spiro atoms. The van der Waals surface area contributed by atoms with Gasteiger partial charge >= 0.3 is 0 Å². The fraction of sp³-hybridized carbons (Fsp3) is 0.647. The molecule has 5 heteroatoms. The Labute approximate surface area is 246 Å². The lowest BCUT2D eigenvalue weighted by Gasteiger charge is -2.51. The van der Waals surface area contributed by atoms with Gasteiger partial charge in [0.25, 0.3) is 0 Å². The molecule has 2 N–H and O–H groups in total. The van der Waals surface area contributed by atoms with Crippen molar-refractivity contribution in [3.63, 3.8) is 0 Å². The Bertz CT molecular complexity index is 951. The summed E-state index contributed by atoms with van der Waals surface area (Å²) >= 11 is 0. The van der Waals surface area contributed by atoms with Crippen LogP contribution < -0.4 is 10.6 Å². The predicted molar refractivity (Wildman–Crippen MR) is 188 cm³/mol. The van der Waals surface area contributed by atoms with Gasteiger partial charge in [0.2, 0.25) is 0 Å². The van der Waals surface area contributed by atoms with Crippen molar-refractivity contribution >= 4 is 35.6 Å². The van der Waals surface area contributed by atoms with E-state index in [1.807, 2.05) is 0 Å². The van der Waals surface area contributed by atoms with Crippen LogP contribution >= 0.6 is 0 Å². The number of benzene rings is 2. The van der Waals surface area contributed by atoms with Crippen molar-refractivity contribution in [2.75, 3.05) is 10.6 Å². The smallest absolute Gasteiger partial charge is 0.0906 e. The topological polar surface area (TPSA) is 24.1 Å². The first kappa shape index (κ1) is 33.9. The first-order valence-electron chi connectivity index (χ1n) is 15.5. The van der Waals surface area contributed by atoms with Crippen LogP contribution in [0.3, 0.4) is 0 Å². The van der Waals surface area contributed by atoms with E-state index in [-0.39, 0.29) is 0 Å². The number of hydrogen-bond acceptors (Lipinski definition) is 2. The molecule has 0 aromatic heterocycles. The molecule has 0 aliphatic heterocycles. The highest BCUT2D eigenvalue weighted by Crippen LogP contribution is 2.39. The van der Waals surface area contributed by atoms with Crippen LogP contribution in [0.1, 0.15) is 101 Å². The van der Waals surface area contributed by atoms with Gasteiger partial charge in [0.15, 0.2) is 0 Å². The van der Waals surface area contributed by atoms with Crippen LogP contribution in [0.2, 0.25) is 52.4 Å². The van der Waals surface area contributed by atoms with Gasteiger partial charge in [0.05, 0.1) is 24.2 Å². The Morgan fingerprint density at radius 3 is 0.846 bits per heavy atom. The Kier molecular flexibility index (Phi) is 11.0. The molecule has 0 saturated heterocycles. The highest BCUT2D eigenvalue weighted by molar-refractivity contribution is 7.06. The molecule has 220 valence electrons. The Balaban J connectivity index is 2.77. The minimum Gasteiger partial charge on any atom is -0.387 e. The average Bonchev–Trinajstić information content (AvgIpc) is 2.78. The molecule has 0 saturated carbocycles. The maximum absolute atomic E-state index is 4.38. The number of para-hydroxylation sites is 2. The minimum atomic E-state index is -1.93. The second-order valence-corrected chi connectivity index (χ2v) is 32.5. The first-order valence-corrected chi connectivity index (χ1v) is 25.8. The van der Waals surface area contributed by atoms with Crippen LogP contribution in [0.4, 0.5) is 11.4 Å². The fourth-order valence-corrected chi connectivity index (χ4v) is 28.8. The van der Waals surface area contributed by atoms with E-state index in [0.717, 1.165) is 0 Å². The van der Waals surface area contributed by atoms with Crippen molar-refractivity contribution in [1.82, 2.24) is 0 Å². The van der Waals surface area contributed by atoms with Crippen LogP contribution in [0.25, 0.3) is 0 Å². The standard InChI is InChI=1S/C34H62N2Si3/c1-23(2)27-19-17-20-28(24(3)4)31(27)35-33(37(9,10)11)39(15,16)34(38(12,13)14)36-32-29(25(5)6)21-18-22-30(32)26(7)8/h17-26,33-36H,1-16H3. The molecule has 0 radical (unpaired) electrons. The van der Waals surface area contributed by atoms with Crippen molar-refractivity contribution in [3.8, 4) is 0 Å². The number of hydrogen-bond donors (Lipinski definition) is 2. The summed E-state index contributed by atoms with van der Waals surface area (Å²) in [7, 11) is -5.16. The third kappa shape index (κ3) is 7.91. The molecule has 0 aliphatic rings. The summed E-state index contributed by atoms with van der Waals surface area (Å²) < 4.78 is 0. The van der Waals surface area contributed by atoms with Crippen LogP contribution in [-0.2, 0) is 0 Å². The van der Waals surface area contributed by atoms with Gasteiger partial charge in [-0.05, 0) is 45.9 Å². The lowest BCUT2D eigenvalue weighted by Crippen LogP contribution is -2.72. The molecule has 2 nitrogen and oxygen atoms in total. The van der Waals surface area contributed by atoms with E-state index in [1.165, 1.54) is 33.6 Å². The van der Waals surface area contributed by atoms with Gasteiger partial charge in [-0.2, -0.15) is 0 Å². The molecule has 0 bridgehead atoms. The van der Waals surface area contributed by atoms with Crippen LogP contribution in [-0.4, -0.2) is 34.8 Å². The van der Waals surface area contributed by atoms with Gasteiger partial charge in [-0.15, -0.1) is 0 Å². The molecule has 2 aromatic rings. The summed E-state index contributed by atoms with van der Waals surface area (Å²) in [5.41, 5.74) is 8.74. The second kappa shape index (κ2) is 12.7. The molecule has 0 amide bonds. The zero-order valence-corrected chi connectivity index (χ0v) is 31.4. The molecular weight excluding hydrogens is 521 g/mol. The average molecular weight is 583 g/mol. The fourth-order valence-electron chi connectivity index (χ4n) is 6.93. The quantitative estimate of drug-likeness (QED) is 0.243. The van der Waals surface area contributed by atoms with E-state index < -0.39 is 24.2 Å². The van der Waals surface area contributed by atoms with Gasteiger partial charge in [-0.25, -0.2) is 0 Å². The van der Waals surface area contributed by atoms with Gasteiger partial charge in [-0.3, -0.25) is 0 Å². The number of nitrogens with one attached hydrogen (secondary N) is 2. The lowest BCUT2D eigenvalue weighted by atomic mass is 9.93. The summed E-state index contributed by atoms with van der Waals surface area (Å²) in [6, 6.07) is 14.0. The summed E-state index contributed by atoms with van der Waals surface area (Å²) in [4.78, 5) is 0. The van der Waals surface area contributed by atoms with Gasteiger partial charge < -0.3 is 10.6 Å². The zero-order valence-electron chi connectivity index (χ0n) is 28.4. The Hall–Kier alpha value is -1.31. The van der Waals surface area contributed by atoms with E-state index in [4.69, 9.17) is 0 Å². The normalized spacial score (nSPS) is 14.9. The van der Waals surface area contributed by atoms with E-state index in [9.17, 15) is 0 Å². The van der Waals surface area contributed by atoms with Crippen LogP contribution in [0.15, 0.2) is 36.4 Å². The van der Waals surface area contributed by atoms with Crippen LogP contribution in [0.5, 0.6) is 0 Å². The van der Waals surface area contributed by atoms with E-state index in [2.05, 4.69) is 155 Å². The lowest BCUT2D eigenvalue weighted by molar-refractivity contribution is 0.831. The summed E-state index contributed by atoms with van der Waals surface area (Å²) in [6.45, 7) is 39.7. The van der Waals surface area contributed by atoms with E-state index in [0.29, 0.717) is 34.2 Å². The maximum Gasteiger partial charge on any atom is 0.0906 e. The van der Waals surface area contributed by atoms with Crippen molar-refractivity contribution in [3.05, 3.63) is 58.7 Å². The molecule has 2 unspecified atom stereocenters. The molecular formula is C34H62N2Si3. The molecule has 0 aliphatic carbocycles. The summed E-state index contributed by atoms with van der Waals surface area (Å²) in [5, 5.41) is 9.84. The molecule has 39 heavy (non-hydrogen) atoms. The van der Waals surface area contributed by atoms with Gasteiger partial charge in [-0.1, -0.05) is 144 Å². The van der Waals surface area contributed by atoms with Crippen molar-refractivity contribution in [2.45, 2.75) is 142 Å². The van der Waals surface area contributed by atoms with Crippen molar-refractivity contribution in [1.29, 1.82) is 0 Å². The van der Waals surface area contributed by atoms with E-state index >= 15 is 0 Å². The predicted octanol–water partition coefficient (Wildman–Crippen LogP) is 11.0. The number of rotatable bonds is 12. The maximum atomic E-state index is 4.38. The summed E-state index contributed by atoms with van der Waals surface area (Å²) in [5.74, 6) is 1.98. The first-order chi connectivity index (χ1) is 17.7. The summed E-state index contributed by atoms with van der Waals surface area (Å²) in [6.07, 6.45) is 0. The molecule has 2 atom stereocenters. The monoisotopic (exact) mass is 582 g/mol. The Morgan fingerprint density at radius 2 is 0.667 bits per heavy atom. The van der Waals surface area contributed by atoms with Gasteiger partial charge in [0.1, 0.15) is 0 Å². The van der Waals surface area contributed by atoms with E-state index in [1.54, 1.807) is 0 Å². The van der Waals surface area contributed by atoms with Crippen LogP contribution in [0, 0.1) is 0 Å². The zero-order chi connectivity index (χ0) is 30.1. The molecule has 0 fully saturated rings. The highest BCUT2D eigenvalue weighted by Gasteiger charge is 2.50. The molecule has 2 aromatic carbocycles.